The molecule has 92 valence electrons. The predicted molar refractivity (Wildman–Crippen MR) is 63.2 cm³/mol. The number of hydrogen-bond acceptors (Lipinski definition) is 4. The highest BCUT2D eigenvalue weighted by Crippen LogP contribution is 2.01. The standard InChI is InChI=1S/C9H14BrNO4S/c1-8(10)9(12)15-5-2-11-3-6-16(13,14)7-4-11/h1-7H2/p+1. The van der Waals surface area contributed by atoms with E-state index in [4.69, 9.17) is 4.74 Å². The van der Waals surface area contributed by atoms with Crippen molar-refractivity contribution in [3.63, 3.8) is 0 Å². The van der Waals surface area contributed by atoms with E-state index >= 15 is 0 Å². The summed E-state index contributed by atoms with van der Waals surface area (Å²) in [4.78, 5) is 12.2. The molecule has 0 aromatic carbocycles. The quantitative estimate of drug-likeness (QED) is 0.520. The van der Waals surface area contributed by atoms with Crippen LogP contribution in [0.3, 0.4) is 0 Å². The largest absolute Gasteiger partial charge is 0.456 e. The molecule has 0 spiro atoms. The molecule has 0 bridgehead atoms. The fourth-order valence-corrected chi connectivity index (χ4v) is 2.96. The van der Waals surface area contributed by atoms with Crippen molar-refractivity contribution in [1.82, 2.24) is 0 Å². The van der Waals surface area contributed by atoms with E-state index in [1.54, 1.807) is 0 Å². The lowest BCUT2D eigenvalue weighted by atomic mass is 10.5. The number of ether oxygens (including phenoxy) is 1. The van der Waals surface area contributed by atoms with E-state index in [9.17, 15) is 13.2 Å². The van der Waals surface area contributed by atoms with Crippen LogP contribution in [0.1, 0.15) is 0 Å². The molecule has 0 radical (unpaired) electrons. The number of rotatable bonds is 4. The number of nitrogens with one attached hydrogen (secondary N) is 1. The molecule has 0 aromatic rings. The van der Waals surface area contributed by atoms with E-state index < -0.39 is 15.8 Å². The zero-order chi connectivity index (χ0) is 12.2. The summed E-state index contributed by atoms with van der Waals surface area (Å²) in [6, 6.07) is 0. The van der Waals surface area contributed by atoms with Crippen LogP contribution >= 0.6 is 15.9 Å². The molecule has 1 heterocycles. The monoisotopic (exact) mass is 312 g/mol. The first-order valence-electron chi connectivity index (χ1n) is 4.96. The van der Waals surface area contributed by atoms with E-state index in [0.717, 1.165) is 4.90 Å². The van der Waals surface area contributed by atoms with Gasteiger partial charge in [0.15, 0.2) is 9.84 Å². The minimum absolute atomic E-state index is 0.198. The maximum atomic E-state index is 11.2. The second kappa shape index (κ2) is 5.79. The third-order valence-electron chi connectivity index (χ3n) is 2.44. The van der Waals surface area contributed by atoms with Crippen molar-refractivity contribution < 1.29 is 22.8 Å². The summed E-state index contributed by atoms with van der Waals surface area (Å²) in [5, 5.41) is 0. The molecule has 0 aromatic heterocycles. The first-order valence-corrected chi connectivity index (χ1v) is 7.58. The minimum atomic E-state index is -2.82. The topological polar surface area (TPSA) is 64.9 Å². The fraction of sp³-hybridized carbons (Fsp3) is 0.667. The molecule has 0 atom stereocenters. The van der Waals surface area contributed by atoms with Gasteiger partial charge in [-0.05, 0) is 15.9 Å². The van der Waals surface area contributed by atoms with Crippen molar-refractivity contribution in [2.75, 3.05) is 37.7 Å². The number of hydrogen-bond donors (Lipinski definition) is 1. The molecular weight excluding hydrogens is 298 g/mol. The fourth-order valence-electron chi connectivity index (χ4n) is 1.44. The Balaban J connectivity index is 2.21. The Labute approximate surface area is 103 Å². The highest BCUT2D eigenvalue weighted by molar-refractivity contribution is 9.12. The molecule has 1 aliphatic heterocycles. The highest BCUT2D eigenvalue weighted by atomic mass is 79.9. The summed E-state index contributed by atoms with van der Waals surface area (Å²) in [7, 11) is -2.82. The molecule has 5 nitrogen and oxygen atoms in total. The van der Waals surface area contributed by atoms with Gasteiger partial charge in [-0.2, -0.15) is 0 Å². The zero-order valence-electron chi connectivity index (χ0n) is 8.87. The van der Waals surface area contributed by atoms with Crippen molar-refractivity contribution in [1.29, 1.82) is 0 Å². The molecule has 1 rings (SSSR count). The van der Waals surface area contributed by atoms with E-state index in [1.165, 1.54) is 0 Å². The van der Waals surface area contributed by atoms with Crippen LogP contribution in [-0.2, 0) is 19.4 Å². The van der Waals surface area contributed by atoms with Crippen LogP contribution in [0.2, 0.25) is 0 Å². The van der Waals surface area contributed by atoms with Crippen LogP contribution in [0.4, 0.5) is 0 Å². The maximum absolute atomic E-state index is 11.2. The lowest BCUT2D eigenvalue weighted by molar-refractivity contribution is -0.896. The third kappa shape index (κ3) is 4.63. The molecule has 1 N–H and O–H groups in total. The Bertz CT molecular complexity index is 365. The first-order chi connectivity index (χ1) is 7.41. The van der Waals surface area contributed by atoms with Gasteiger partial charge in [0.25, 0.3) is 0 Å². The van der Waals surface area contributed by atoms with Gasteiger partial charge in [-0.15, -0.1) is 0 Å². The summed E-state index contributed by atoms with van der Waals surface area (Å²) < 4.78 is 27.4. The first kappa shape index (κ1) is 13.7. The molecule has 16 heavy (non-hydrogen) atoms. The van der Waals surface area contributed by atoms with Crippen molar-refractivity contribution in [3.8, 4) is 0 Å². The highest BCUT2D eigenvalue weighted by Gasteiger charge is 2.24. The van der Waals surface area contributed by atoms with Gasteiger partial charge in [-0.3, -0.25) is 0 Å². The third-order valence-corrected chi connectivity index (χ3v) is 4.42. The van der Waals surface area contributed by atoms with Gasteiger partial charge in [-0.1, -0.05) is 6.58 Å². The molecule has 0 unspecified atom stereocenters. The second-order valence-electron chi connectivity index (χ2n) is 3.69. The average Bonchev–Trinajstić information content (AvgIpc) is 2.20. The number of quaternary nitrogens is 1. The molecule has 7 heteroatoms. The molecule has 1 saturated heterocycles. The molecule has 0 saturated carbocycles. The van der Waals surface area contributed by atoms with Gasteiger partial charge in [0.1, 0.15) is 13.2 Å². The Morgan fingerprint density at radius 1 is 1.38 bits per heavy atom. The van der Waals surface area contributed by atoms with E-state index in [2.05, 4.69) is 22.5 Å². The normalized spacial score (nSPS) is 20.3. The minimum Gasteiger partial charge on any atom is -0.456 e. The summed E-state index contributed by atoms with van der Waals surface area (Å²) in [6.07, 6.45) is 0. The van der Waals surface area contributed by atoms with Crippen LogP contribution in [0.5, 0.6) is 0 Å². The summed E-state index contributed by atoms with van der Waals surface area (Å²) in [5.74, 6) is -0.0212. The van der Waals surface area contributed by atoms with Gasteiger partial charge in [0, 0.05) is 0 Å². The summed E-state index contributed by atoms with van der Waals surface area (Å²) in [5.41, 5.74) is 0. The zero-order valence-corrected chi connectivity index (χ0v) is 11.3. The number of carbonyl (C=O) groups is 1. The number of esters is 1. The van der Waals surface area contributed by atoms with Gasteiger partial charge in [-0.25, -0.2) is 13.2 Å². The Morgan fingerprint density at radius 2 is 1.94 bits per heavy atom. The molecule has 1 aliphatic rings. The summed E-state index contributed by atoms with van der Waals surface area (Å²) in [6.45, 7) is 5.51. The number of carbonyl (C=O) groups excluding carboxylic acids is 1. The van der Waals surface area contributed by atoms with E-state index in [1.807, 2.05) is 0 Å². The van der Waals surface area contributed by atoms with Gasteiger partial charge in [0.2, 0.25) is 0 Å². The lowest BCUT2D eigenvalue weighted by Crippen LogP contribution is -3.14. The number of sulfone groups is 1. The number of halogens is 1. The van der Waals surface area contributed by atoms with E-state index in [0.29, 0.717) is 26.2 Å². The van der Waals surface area contributed by atoms with Crippen molar-refractivity contribution in [3.05, 3.63) is 11.1 Å². The lowest BCUT2D eigenvalue weighted by Gasteiger charge is -2.23. The second-order valence-corrected chi connectivity index (χ2v) is 6.95. The molecule has 0 aliphatic carbocycles. The van der Waals surface area contributed by atoms with Crippen LogP contribution in [0.25, 0.3) is 0 Å². The molecule has 0 amide bonds. The van der Waals surface area contributed by atoms with Crippen LogP contribution < -0.4 is 4.90 Å². The SMILES string of the molecule is C=C(Br)C(=O)OCC[NH+]1CCS(=O)(=O)CC1. The van der Waals surface area contributed by atoms with Crippen LogP contribution in [0.15, 0.2) is 11.1 Å². The molecule has 1 fully saturated rings. The Kier molecular flexibility index (Phi) is 4.94. The van der Waals surface area contributed by atoms with Crippen molar-refractivity contribution in [2.45, 2.75) is 0 Å². The van der Waals surface area contributed by atoms with Crippen molar-refractivity contribution in [2.24, 2.45) is 0 Å². The summed E-state index contributed by atoms with van der Waals surface area (Å²) >= 11 is 2.93. The van der Waals surface area contributed by atoms with Gasteiger partial charge < -0.3 is 9.64 Å². The maximum Gasteiger partial charge on any atom is 0.344 e. The van der Waals surface area contributed by atoms with Crippen molar-refractivity contribution >= 4 is 31.7 Å². The predicted octanol–water partition coefficient (Wildman–Crippen LogP) is -1.25. The van der Waals surface area contributed by atoms with Crippen LogP contribution in [0, 0.1) is 0 Å². The van der Waals surface area contributed by atoms with Gasteiger partial charge in [0.05, 0.1) is 29.1 Å². The average molecular weight is 313 g/mol. The van der Waals surface area contributed by atoms with Gasteiger partial charge >= 0.3 is 5.97 Å². The smallest absolute Gasteiger partial charge is 0.344 e. The Morgan fingerprint density at radius 3 is 2.44 bits per heavy atom. The van der Waals surface area contributed by atoms with Crippen LogP contribution in [-0.4, -0.2) is 52.1 Å². The van der Waals surface area contributed by atoms with E-state index in [-0.39, 0.29) is 16.0 Å². The Hall–Kier alpha value is -0.400. The molecular formula is C9H15BrNO4S+.